The van der Waals surface area contributed by atoms with E-state index in [1.165, 1.54) is 11.3 Å². The molecule has 3 rings (SSSR count). The van der Waals surface area contributed by atoms with E-state index in [0.717, 1.165) is 16.3 Å². The SMILES string of the molecule is Cc1ccc(S(=O)(=O)Nc2ccc(NCc3ccco3)cn2)s1. The van der Waals surface area contributed by atoms with Crippen LogP contribution in [-0.2, 0) is 16.6 Å². The van der Waals surface area contributed by atoms with Crippen LogP contribution in [0.5, 0.6) is 0 Å². The summed E-state index contributed by atoms with van der Waals surface area (Å²) in [6.45, 7) is 2.40. The van der Waals surface area contributed by atoms with Crippen molar-refractivity contribution in [2.24, 2.45) is 0 Å². The summed E-state index contributed by atoms with van der Waals surface area (Å²) in [7, 11) is -3.58. The van der Waals surface area contributed by atoms with Crippen LogP contribution >= 0.6 is 11.3 Å². The lowest BCUT2D eigenvalue weighted by Crippen LogP contribution is -2.12. The highest BCUT2D eigenvalue weighted by Gasteiger charge is 2.16. The summed E-state index contributed by atoms with van der Waals surface area (Å²) < 4.78 is 32.4. The first-order chi connectivity index (χ1) is 11.0. The summed E-state index contributed by atoms with van der Waals surface area (Å²) >= 11 is 1.22. The minimum Gasteiger partial charge on any atom is -0.467 e. The van der Waals surface area contributed by atoms with Crippen LogP contribution in [0, 0.1) is 6.92 Å². The molecule has 0 fully saturated rings. The molecule has 0 aliphatic heterocycles. The Bertz CT molecular complexity index is 869. The van der Waals surface area contributed by atoms with Crippen LogP contribution in [0.2, 0.25) is 0 Å². The number of anilines is 2. The van der Waals surface area contributed by atoms with Crippen LogP contribution in [0.1, 0.15) is 10.6 Å². The Morgan fingerprint density at radius 3 is 2.70 bits per heavy atom. The van der Waals surface area contributed by atoms with E-state index in [1.807, 2.05) is 19.1 Å². The van der Waals surface area contributed by atoms with E-state index in [-0.39, 0.29) is 10.0 Å². The van der Waals surface area contributed by atoms with Crippen LogP contribution in [0.4, 0.5) is 11.5 Å². The second-order valence-corrected chi connectivity index (χ2v) is 8.03. The average Bonchev–Trinajstić information content (AvgIpc) is 3.18. The van der Waals surface area contributed by atoms with Gasteiger partial charge in [-0.2, -0.15) is 0 Å². The van der Waals surface area contributed by atoms with Gasteiger partial charge in [-0.3, -0.25) is 4.72 Å². The highest BCUT2D eigenvalue weighted by Crippen LogP contribution is 2.23. The summed E-state index contributed by atoms with van der Waals surface area (Å²) in [6, 6.07) is 10.4. The van der Waals surface area contributed by atoms with Gasteiger partial charge in [-0.1, -0.05) is 0 Å². The minimum absolute atomic E-state index is 0.275. The Balaban J connectivity index is 1.65. The molecule has 3 heterocycles. The van der Waals surface area contributed by atoms with Gasteiger partial charge in [0.05, 0.1) is 24.7 Å². The third-order valence-electron chi connectivity index (χ3n) is 3.03. The molecule has 6 nitrogen and oxygen atoms in total. The Kier molecular flexibility index (Phi) is 4.35. The molecule has 0 radical (unpaired) electrons. The van der Waals surface area contributed by atoms with Gasteiger partial charge in [-0.25, -0.2) is 13.4 Å². The summed E-state index contributed by atoms with van der Waals surface area (Å²) in [5, 5.41) is 3.14. The van der Waals surface area contributed by atoms with Crippen molar-refractivity contribution >= 4 is 32.9 Å². The van der Waals surface area contributed by atoms with Crippen molar-refractivity contribution in [2.45, 2.75) is 17.7 Å². The second-order valence-electron chi connectivity index (χ2n) is 4.84. The van der Waals surface area contributed by atoms with Crippen molar-refractivity contribution in [1.29, 1.82) is 0 Å². The zero-order valence-corrected chi connectivity index (χ0v) is 13.9. The molecular weight excluding hydrogens is 334 g/mol. The average molecular weight is 349 g/mol. The molecule has 0 bridgehead atoms. The molecule has 8 heteroatoms. The first kappa shape index (κ1) is 15.6. The van der Waals surface area contributed by atoms with Gasteiger partial charge in [-0.05, 0) is 43.3 Å². The third kappa shape index (κ3) is 3.91. The zero-order valence-electron chi connectivity index (χ0n) is 12.3. The summed E-state index contributed by atoms with van der Waals surface area (Å²) in [4.78, 5) is 5.06. The maximum atomic E-state index is 12.2. The predicted molar refractivity (Wildman–Crippen MR) is 90.1 cm³/mol. The number of rotatable bonds is 6. The maximum absolute atomic E-state index is 12.2. The van der Waals surface area contributed by atoms with E-state index < -0.39 is 10.0 Å². The topological polar surface area (TPSA) is 84.2 Å². The Morgan fingerprint density at radius 2 is 2.09 bits per heavy atom. The summed E-state index contributed by atoms with van der Waals surface area (Å²) in [5.41, 5.74) is 0.774. The fourth-order valence-electron chi connectivity index (χ4n) is 1.91. The number of furan rings is 1. The van der Waals surface area contributed by atoms with E-state index >= 15 is 0 Å². The van der Waals surface area contributed by atoms with E-state index in [2.05, 4.69) is 15.0 Å². The highest BCUT2D eigenvalue weighted by atomic mass is 32.2. The molecular formula is C15H15N3O3S2. The molecule has 0 saturated carbocycles. The molecule has 0 atom stereocenters. The number of hydrogen-bond acceptors (Lipinski definition) is 6. The standard InChI is InChI=1S/C15H15N3O3S2/c1-11-4-7-15(22-11)23(19,20)18-14-6-5-12(9-17-14)16-10-13-3-2-8-21-13/h2-9,16H,10H2,1H3,(H,17,18). The van der Waals surface area contributed by atoms with Gasteiger partial charge < -0.3 is 9.73 Å². The van der Waals surface area contributed by atoms with Crippen LogP contribution in [0.15, 0.2) is 57.5 Å². The maximum Gasteiger partial charge on any atom is 0.272 e. The quantitative estimate of drug-likeness (QED) is 0.712. The molecule has 3 aromatic rings. The van der Waals surface area contributed by atoms with Crippen LogP contribution < -0.4 is 10.0 Å². The zero-order chi connectivity index (χ0) is 16.3. The highest BCUT2D eigenvalue weighted by molar-refractivity contribution is 7.94. The first-order valence-corrected chi connectivity index (χ1v) is 9.14. The molecule has 2 N–H and O–H groups in total. The lowest BCUT2D eigenvalue weighted by molar-refractivity contribution is 0.518. The number of sulfonamides is 1. The number of nitrogens with one attached hydrogen (secondary N) is 2. The van der Waals surface area contributed by atoms with Crippen molar-refractivity contribution in [3.05, 3.63) is 59.5 Å². The van der Waals surface area contributed by atoms with Gasteiger partial charge in [0.25, 0.3) is 10.0 Å². The van der Waals surface area contributed by atoms with Crippen LogP contribution in [0.3, 0.4) is 0 Å². The largest absolute Gasteiger partial charge is 0.467 e. The second kappa shape index (κ2) is 6.43. The van der Waals surface area contributed by atoms with Crippen molar-refractivity contribution in [1.82, 2.24) is 4.98 Å². The molecule has 0 saturated heterocycles. The number of thiophene rings is 1. The molecule has 0 aliphatic rings. The van der Waals surface area contributed by atoms with Gasteiger partial charge in [0.2, 0.25) is 0 Å². The number of aryl methyl sites for hydroxylation is 1. The minimum atomic E-state index is -3.58. The third-order valence-corrected chi connectivity index (χ3v) is 5.88. The molecule has 23 heavy (non-hydrogen) atoms. The van der Waals surface area contributed by atoms with E-state index in [0.29, 0.717) is 6.54 Å². The van der Waals surface area contributed by atoms with Crippen molar-refractivity contribution < 1.29 is 12.8 Å². The first-order valence-electron chi connectivity index (χ1n) is 6.84. The van der Waals surface area contributed by atoms with Gasteiger partial charge >= 0.3 is 0 Å². The summed E-state index contributed by atoms with van der Waals surface area (Å²) in [6.07, 6.45) is 3.18. The Hall–Kier alpha value is -2.32. The lowest BCUT2D eigenvalue weighted by atomic mass is 10.4. The predicted octanol–water partition coefficient (Wildman–Crippen LogP) is 3.46. The Morgan fingerprint density at radius 1 is 1.22 bits per heavy atom. The van der Waals surface area contributed by atoms with Gasteiger partial charge in [0.15, 0.2) is 0 Å². The number of pyridine rings is 1. The van der Waals surface area contributed by atoms with Gasteiger partial charge in [0.1, 0.15) is 15.8 Å². The molecule has 3 aromatic heterocycles. The van der Waals surface area contributed by atoms with E-state index in [9.17, 15) is 8.42 Å². The molecule has 0 unspecified atom stereocenters. The van der Waals surface area contributed by atoms with Crippen molar-refractivity contribution in [3.63, 3.8) is 0 Å². The molecule has 0 amide bonds. The molecule has 120 valence electrons. The number of aromatic nitrogens is 1. The van der Waals surface area contributed by atoms with Crippen LogP contribution in [-0.4, -0.2) is 13.4 Å². The lowest BCUT2D eigenvalue weighted by Gasteiger charge is -2.07. The number of nitrogens with zero attached hydrogens (tertiary/aromatic N) is 1. The molecule has 0 aromatic carbocycles. The van der Waals surface area contributed by atoms with E-state index in [4.69, 9.17) is 4.42 Å². The molecule has 0 spiro atoms. The van der Waals surface area contributed by atoms with Crippen molar-refractivity contribution in [2.75, 3.05) is 10.0 Å². The summed E-state index contributed by atoms with van der Waals surface area (Å²) in [5.74, 6) is 1.09. The van der Waals surface area contributed by atoms with Gasteiger partial charge in [0, 0.05) is 4.88 Å². The normalized spacial score (nSPS) is 11.3. The van der Waals surface area contributed by atoms with Crippen LogP contribution in [0.25, 0.3) is 0 Å². The monoisotopic (exact) mass is 349 g/mol. The Labute approximate surface area is 138 Å². The fraction of sp³-hybridized carbons (Fsp3) is 0.133. The van der Waals surface area contributed by atoms with Gasteiger partial charge in [-0.15, -0.1) is 11.3 Å². The smallest absolute Gasteiger partial charge is 0.272 e. The molecule has 0 aliphatic carbocycles. The van der Waals surface area contributed by atoms with E-state index in [1.54, 1.807) is 36.7 Å². The number of hydrogen-bond donors (Lipinski definition) is 2. The fourth-order valence-corrected chi connectivity index (χ4v) is 4.20. The van der Waals surface area contributed by atoms with Crippen molar-refractivity contribution in [3.8, 4) is 0 Å².